The number of carbonyl (C=O) groups is 2. The number of anilines is 1. The highest BCUT2D eigenvalue weighted by atomic mass is 127. The standard InChI is InChI=1S/C19H20IN3O2/c1-13-6-9-23(10-7-13)19(25)16-11-15(20)4-5-17(16)22-18(24)14-3-2-8-21-12-14/h2-5,8,11-13H,6-7,9-10H2,1H3,(H,22,24). The first-order valence-corrected chi connectivity index (χ1v) is 9.42. The molecule has 0 spiro atoms. The summed E-state index contributed by atoms with van der Waals surface area (Å²) < 4.78 is 0.964. The fraction of sp³-hybridized carbons (Fsp3) is 0.316. The Morgan fingerprint density at radius 2 is 2.00 bits per heavy atom. The van der Waals surface area contributed by atoms with E-state index in [9.17, 15) is 9.59 Å². The van der Waals surface area contributed by atoms with Crippen LogP contribution in [0.2, 0.25) is 0 Å². The van der Waals surface area contributed by atoms with Crippen molar-refractivity contribution >= 4 is 40.1 Å². The summed E-state index contributed by atoms with van der Waals surface area (Å²) in [6, 6.07) is 8.91. The lowest BCUT2D eigenvalue weighted by atomic mass is 9.98. The zero-order valence-electron chi connectivity index (χ0n) is 14.0. The molecule has 1 aromatic heterocycles. The zero-order chi connectivity index (χ0) is 17.8. The molecule has 25 heavy (non-hydrogen) atoms. The van der Waals surface area contributed by atoms with Gasteiger partial charge in [-0.2, -0.15) is 0 Å². The predicted octanol–water partition coefficient (Wildman–Crippen LogP) is 3.81. The van der Waals surface area contributed by atoms with Crippen molar-refractivity contribution in [2.24, 2.45) is 5.92 Å². The Kier molecular flexibility index (Phi) is 5.67. The van der Waals surface area contributed by atoms with Crippen LogP contribution in [-0.2, 0) is 0 Å². The number of rotatable bonds is 3. The lowest BCUT2D eigenvalue weighted by Crippen LogP contribution is -2.38. The SMILES string of the molecule is CC1CCN(C(=O)c2cc(I)ccc2NC(=O)c2cccnc2)CC1. The van der Waals surface area contributed by atoms with E-state index >= 15 is 0 Å². The van der Waals surface area contributed by atoms with Crippen molar-refractivity contribution in [3.05, 3.63) is 57.4 Å². The topological polar surface area (TPSA) is 62.3 Å². The number of halogens is 1. The third-order valence-electron chi connectivity index (χ3n) is 4.45. The molecule has 2 heterocycles. The summed E-state index contributed by atoms with van der Waals surface area (Å²) in [5.74, 6) is 0.368. The highest BCUT2D eigenvalue weighted by Crippen LogP contribution is 2.24. The van der Waals surface area contributed by atoms with Crippen LogP contribution in [0.4, 0.5) is 5.69 Å². The van der Waals surface area contributed by atoms with Gasteiger partial charge in [-0.15, -0.1) is 0 Å². The van der Waals surface area contributed by atoms with E-state index in [1.165, 1.54) is 6.20 Å². The van der Waals surface area contributed by atoms with E-state index in [1.807, 2.05) is 17.0 Å². The largest absolute Gasteiger partial charge is 0.339 e. The van der Waals surface area contributed by atoms with Crippen LogP contribution >= 0.6 is 22.6 Å². The van der Waals surface area contributed by atoms with Gasteiger partial charge in [0.2, 0.25) is 0 Å². The molecular weight excluding hydrogens is 429 g/mol. The van der Waals surface area contributed by atoms with Gasteiger partial charge in [0.1, 0.15) is 0 Å². The van der Waals surface area contributed by atoms with Gasteiger partial charge in [0.15, 0.2) is 0 Å². The van der Waals surface area contributed by atoms with Gasteiger partial charge in [0.25, 0.3) is 11.8 Å². The first kappa shape index (κ1) is 17.8. The maximum absolute atomic E-state index is 13.0. The molecule has 1 aromatic carbocycles. The summed E-state index contributed by atoms with van der Waals surface area (Å²) in [4.78, 5) is 31.2. The molecule has 0 atom stereocenters. The van der Waals surface area contributed by atoms with Gasteiger partial charge >= 0.3 is 0 Å². The van der Waals surface area contributed by atoms with Gasteiger partial charge in [0.05, 0.1) is 16.8 Å². The highest BCUT2D eigenvalue weighted by Gasteiger charge is 2.24. The summed E-state index contributed by atoms with van der Waals surface area (Å²) >= 11 is 2.18. The lowest BCUT2D eigenvalue weighted by Gasteiger charge is -2.31. The summed E-state index contributed by atoms with van der Waals surface area (Å²) in [6.07, 6.45) is 5.17. The highest BCUT2D eigenvalue weighted by molar-refractivity contribution is 14.1. The molecule has 6 heteroatoms. The van der Waals surface area contributed by atoms with E-state index in [0.29, 0.717) is 22.7 Å². The van der Waals surface area contributed by atoms with Crippen LogP contribution in [0.1, 0.15) is 40.5 Å². The van der Waals surface area contributed by atoms with Crippen molar-refractivity contribution in [3.8, 4) is 0 Å². The second-order valence-corrected chi connectivity index (χ2v) is 7.61. The third-order valence-corrected chi connectivity index (χ3v) is 5.13. The van der Waals surface area contributed by atoms with E-state index < -0.39 is 0 Å². The number of aromatic nitrogens is 1. The van der Waals surface area contributed by atoms with Crippen LogP contribution in [0.3, 0.4) is 0 Å². The number of hydrogen-bond acceptors (Lipinski definition) is 3. The number of carbonyl (C=O) groups excluding carboxylic acids is 2. The Morgan fingerprint density at radius 3 is 2.68 bits per heavy atom. The lowest BCUT2D eigenvalue weighted by molar-refractivity contribution is 0.0698. The maximum Gasteiger partial charge on any atom is 0.257 e. The molecule has 0 radical (unpaired) electrons. The van der Waals surface area contributed by atoms with Crippen LogP contribution in [0, 0.1) is 9.49 Å². The smallest absolute Gasteiger partial charge is 0.257 e. The van der Waals surface area contributed by atoms with Gasteiger partial charge in [-0.05, 0) is 71.7 Å². The van der Waals surface area contributed by atoms with Crippen molar-refractivity contribution in [1.29, 1.82) is 0 Å². The van der Waals surface area contributed by atoms with Crippen molar-refractivity contribution in [2.75, 3.05) is 18.4 Å². The molecule has 130 valence electrons. The molecule has 3 rings (SSSR count). The molecule has 2 aromatic rings. The van der Waals surface area contributed by atoms with Crippen molar-refractivity contribution in [1.82, 2.24) is 9.88 Å². The second kappa shape index (κ2) is 7.95. The molecule has 0 unspecified atom stereocenters. The number of pyridine rings is 1. The quantitative estimate of drug-likeness (QED) is 0.726. The minimum Gasteiger partial charge on any atom is -0.339 e. The summed E-state index contributed by atoms with van der Waals surface area (Å²) in [6.45, 7) is 3.75. The Balaban J connectivity index is 1.83. The van der Waals surface area contributed by atoms with E-state index in [2.05, 4.69) is 39.8 Å². The van der Waals surface area contributed by atoms with Crippen molar-refractivity contribution in [2.45, 2.75) is 19.8 Å². The molecule has 0 bridgehead atoms. The van der Waals surface area contributed by atoms with Crippen molar-refractivity contribution in [3.63, 3.8) is 0 Å². The van der Waals surface area contributed by atoms with Crippen molar-refractivity contribution < 1.29 is 9.59 Å². The molecule has 1 saturated heterocycles. The number of nitrogens with one attached hydrogen (secondary N) is 1. The number of nitrogens with zero attached hydrogens (tertiary/aromatic N) is 2. The maximum atomic E-state index is 13.0. The molecular formula is C19H20IN3O2. The summed E-state index contributed by atoms with van der Waals surface area (Å²) in [5.41, 5.74) is 1.54. The van der Waals surface area contributed by atoms with E-state index in [0.717, 1.165) is 29.5 Å². The predicted molar refractivity (Wildman–Crippen MR) is 106 cm³/mol. The van der Waals surface area contributed by atoms with Crippen LogP contribution in [0.25, 0.3) is 0 Å². The van der Waals surface area contributed by atoms with Gasteiger partial charge in [-0.3, -0.25) is 14.6 Å². The molecule has 1 N–H and O–H groups in total. The van der Waals surface area contributed by atoms with Gasteiger partial charge in [-0.25, -0.2) is 0 Å². The van der Waals surface area contributed by atoms with Gasteiger partial charge < -0.3 is 10.2 Å². The number of benzene rings is 1. The minimum absolute atomic E-state index is 0.0214. The molecule has 1 aliphatic heterocycles. The Hall–Kier alpha value is -1.96. The van der Waals surface area contributed by atoms with Crippen LogP contribution in [-0.4, -0.2) is 34.8 Å². The van der Waals surface area contributed by atoms with Crippen LogP contribution in [0.15, 0.2) is 42.7 Å². The molecule has 1 aliphatic rings. The van der Waals surface area contributed by atoms with Gasteiger partial charge in [-0.1, -0.05) is 6.92 Å². The first-order valence-electron chi connectivity index (χ1n) is 8.35. The number of hydrogen-bond donors (Lipinski definition) is 1. The monoisotopic (exact) mass is 449 g/mol. The van der Waals surface area contributed by atoms with Crippen LogP contribution in [0.5, 0.6) is 0 Å². The number of amides is 2. The number of likely N-dealkylation sites (tertiary alicyclic amines) is 1. The summed E-state index contributed by atoms with van der Waals surface area (Å²) in [5, 5.41) is 2.85. The minimum atomic E-state index is -0.268. The Labute approximate surface area is 161 Å². The number of piperidine rings is 1. The Morgan fingerprint density at radius 1 is 1.24 bits per heavy atom. The average molecular weight is 449 g/mol. The molecule has 2 amide bonds. The van der Waals surface area contributed by atoms with Gasteiger partial charge in [0, 0.05) is 29.1 Å². The molecule has 1 fully saturated rings. The third kappa shape index (κ3) is 4.36. The average Bonchev–Trinajstić information content (AvgIpc) is 2.64. The second-order valence-electron chi connectivity index (χ2n) is 6.36. The fourth-order valence-electron chi connectivity index (χ4n) is 2.88. The molecule has 5 nitrogen and oxygen atoms in total. The van der Waals surface area contributed by atoms with E-state index in [1.54, 1.807) is 24.4 Å². The summed E-state index contributed by atoms with van der Waals surface area (Å²) in [7, 11) is 0. The van der Waals surface area contributed by atoms with Crippen LogP contribution < -0.4 is 5.32 Å². The van der Waals surface area contributed by atoms with E-state index in [-0.39, 0.29) is 11.8 Å². The fourth-order valence-corrected chi connectivity index (χ4v) is 3.37. The van der Waals surface area contributed by atoms with E-state index in [4.69, 9.17) is 0 Å². The molecule has 0 aliphatic carbocycles. The molecule has 0 saturated carbocycles. The first-order chi connectivity index (χ1) is 12.0. The normalized spacial score (nSPS) is 15.0. The zero-order valence-corrected chi connectivity index (χ0v) is 16.2. The Bertz CT molecular complexity index is 771.